The van der Waals surface area contributed by atoms with Gasteiger partial charge >= 0.3 is 0 Å². The summed E-state index contributed by atoms with van der Waals surface area (Å²) in [7, 11) is 7.33. The molecule has 1 aromatic rings. The van der Waals surface area contributed by atoms with Crippen molar-refractivity contribution in [2.45, 2.75) is 37.4 Å². The van der Waals surface area contributed by atoms with E-state index in [-0.39, 0.29) is 17.6 Å². The van der Waals surface area contributed by atoms with Crippen LogP contribution in [0.25, 0.3) is 0 Å². The lowest BCUT2D eigenvalue weighted by Crippen LogP contribution is -2.26. The van der Waals surface area contributed by atoms with Gasteiger partial charge in [-0.3, -0.25) is 9.59 Å². The molecule has 2 rings (SSSR count). The predicted octanol–water partition coefficient (Wildman–Crippen LogP) is 4.33. The Morgan fingerprint density at radius 1 is 1.11 bits per heavy atom. The maximum absolute atomic E-state index is 11.9. The Kier molecular flexibility index (Phi) is 12.1. The van der Waals surface area contributed by atoms with Crippen molar-refractivity contribution in [3.63, 3.8) is 0 Å². The van der Waals surface area contributed by atoms with Gasteiger partial charge in [0.15, 0.2) is 0 Å². The largest absolute Gasteiger partial charge is 0.507 e. The molecule has 2 amide bonds. The van der Waals surface area contributed by atoms with E-state index in [0.717, 1.165) is 29.6 Å². The van der Waals surface area contributed by atoms with E-state index < -0.39 is 0 Å². The molecule has 5 nitrogen and oxygen atoms in total. The zero-order valence-electron chi connectivity index (χ0n) is 15.9. The van der Waals surface area contributed by atoms with Crippen molar-refractivity contribution in [1.29, 1.82) is 0 Å². The minimum atomic E-state index is -0.263. The SMILES string of the molecule is O=C(CCCCC1CCSS1)NCCSSCCNC(=O)c1ccccc1O. The van der Waals surface area contributed by atoms with Gasteiger partial charge in [0, 0.05) is 42.0 Å². The monoisotopic (exact) mass is 460 g/mol. The molecule has 0 spiro atoms. The Bertz CT molecular complexity index is 613. The number of unbranched alkanes of at least 4 members (excludes halogenated alkanes) is 1. The number of phenolic OH excluding ortho intramolecular Hbond substituents is 1. The molecule has 1 fully saturated rings. The van der Waals surface area contributed by atoms with Crippen molar-refractivity contribution in [2.75, 3.05) is 30.3 Å². The molecule has 1 atom stereocenters. The van der Waals surface area contributed by atoms with Gasteiger partial charge in [-0.2, -0.15) is 0 Å². The van der Waals surface area contributed by atoms with E-state index in [2.05, 4.69) is 10.6 Å². The molecule has 0 saturated carbocycles. The van der Waals surface area contributed by atoms with Gasteiger partial charge in [-0.05, 0) is 31.4 Å². The molecule has 1 saturated heterocycles. The predicted molar refractivity (Wildman–Crippen MR) is 125 cm³/mol. The molecule has 0 aliphatic carbocycles. The second-order valence-electron chi connectivity index (χ2n) is 6.34. The Labute approximate surface area is 183 Å². The minimum absolute atomic E-state index is 0.00537. The maximum atomic E-state index is 11.9. The first-order valence-electron chi connectivity index (χ1n) is 9.52. The van der Waals surface area contributed by atoms with Crippen LogP contribution in [0.2, 0.25) is 0 Å². The lowest BCUT2D eigenvalue weighted by atomic mass is 10.1. The maximum Gasteiger partial charge on any atom is 0.255 e. The van der Waals surface area contributed by atoms with Crippen LogP contribution in [-0.2, 0) is 4.79 Å². The van der Waals surface area contributed by atoms with Crippen molar-refractivity contribution in [3.05, 3.63) is 29.8 Å². The number of hydrogen-bond donors (Lipinski definition) is 3. The molecule has 156 valence electrons. The fourth-order valence-electron chi connectivity index (χ4n) is 2.63. The molecule has 1 aliphatic rings. The van der Waals surface area contributed by atoms with Gasteiger partial charge in [-0.25, -0.2) is 0 Å². The van der Waals surface area contributed by atoms with Crippen LogP contribution < -0.4 is 10.6 Å². The molecule has 0 aromatic heterocycles. The first kappa shape index (κ1) is 23.6. The molecule has 0 bridgehead atoms. The highest BCUT2D eigenvalue weighted by molar-refractivity contribution is 8.77. The average Bonchev–Trinajstić information content (AvgIpc) is 3.21. The normalized spacial score (nSPS) is 16.1. The lowest BCUT2D eigenvalue weighted by molar-refractivity contribution is -0.121. The number of hydrogen-bond acceptors (Lipinski definition) is 7. The molecule has 1 unspecified atom stereocenters. The fraction of sp³-hybridized carbons (Fsp3) is 0.579. The number of amides is 2. The van der Waals surface area contributed by atoms with Crippen molar-refractivity contribution >= 4 is 55.0 Å². The first-order chi connectivity index (χ1) is 13.7. The number of carbonyl (C=O) groups excluding carboxylic acids is 2. The molecule has 3 N–H and O–H groups in total. The summed E-state index contributed by atoms with van der Waals surface area (Å²) in [6.45, 7) is 1.21. The first-order valence-corrected chi connectivity index (χ1v) is 14.4. The van der Waals surface area contributed by atoms with Gasteiger partial charge in [-0.1, -0.05) is 61.7 Å². The van der Waals surface area contributed by atoms with Crippen LogP contribution in [0.1, 0.15) is 42.5 Å². The number of aromatic hydroxyl groups is 1. The summed E-state index contributed by atoms with van der Waals surface area (Å²) in [6, 6.07) is 6.51. The zero-order valence-corrected chi connectivity index (χ0v) is 19.1. The Morgan fingerprint density at radius 3 is 2.57 bits per heavy atom. The van der Waals surface area contributed by atoms with E-state index in [0.29, 0.717) is 25.1 Å². The standard InChI is InChI=1S/C19H28N2O3S4/c22-17-7-3-2-6-16(17)19(24)21-11-14-26-25-13-10-20-18(23)8-4-1-5-15-9-12-27-28-15/h2-3,6-7,15,22H,1,4-5,8-14H2,(H,20,23)(H,21,24). The van der Waals surface area contributed by atoms with Crippen LogP contribution in [0.5, 0.6) is 5.75 Å². The number of phenols is 1. The van der Waals surface area contributed by atoms with Gasteiger partial charge in [0.25, 0.3) is 5.91 Å². The lowest BCUT2D eigenvalue weighted by Gasteiger charge is -2.08. The van der Waals surface area contributed by atoms with Crippen LogP contribution in [0.3, 0.4) is 0 Å². The fourth-order valence-corrected chi connectivity index (χ4v) is 7.47. The number of rotatable bonds is 13. The van der Waals surface area contributed by atoms with E-state index >= 15 is 0 Å². The summed E-state index contributed by atoms with van der Waals surface area (Å²) in [5, 5.41) is 16.2. The van der Waals surface area contributed by atoms with Gasteiger partial charge in [0.1, 0.15) is 5.75 Å². The Balaban J connectivity index is 1.38. The topological polar surface area (TPSA) is 78.4 Å². The summed E-state index contributed by atoms with van der Waals surface area (Å²) < 4.78 is 0. The van der Waals surface area contributed by atoms with Crippen molar-refractivity contribution in [3.8, 4) is 5.75 Å². The third-order valence-electron chi connectivity index (χ3n) is 4.12. The van der Waals surface area contributed by atoms with E-state index in [1.807, 2.05) is 21.6 Å². The highest BCUT2D eigenvalue weighted by Gasteiger charge is 2.15. The smallest absolute Gasteiger partial charge is 0.255 e. The number of para-hydroxylation sites is 1. The van der Waals surface area contributed by atoms with Crippen molar-refractivity contribution in [1.82, 2.24) is 10.6 Å². The summed E-state index contributed by atoms with van der Waals surface area (Å²) in [5.74, 6) is 2.77. The highest BCUT2D eigenvalue weighted by atomic mass is 33.1. The molecule has 0 radical (unpaired) electrons. The van der Waals surface area contributed by atoms with Gasteiger partial charge in [0.05, 0.1) is 5.56 Å². The molecule has 28 heavy (non-hydrogen) atoms. The highest BCUT2D eigenvalue weighted by Crippen LogP contribution is 2.39. The molecular weight excluding hydrogens is 432 g/mol. The third-order valence-corrected chi connectivity index (χ3v) is 9.53. The quantitative estimate of drug-likeness (QED) is 0.299. The number of benzene rings is 1. The summed E-state index contributed by atoms with van der Waals surface area (Å²) >= 11 is 0. The molecule has 1 aromatic carbocycles. The van der Waals surface area contributed by atoms with Crippen LogP contribution >= 0.6 is 43.2 Å². The summed E-state index contributed by atoms with van der Waals surface area (Å²) in [4.78, 5) is 23.7. The van der Waals surface area contributed by atoms with Crippen LogP contribution in [0, 0.1) is 0 Å². The van der Waals surface area contributed by atoms with Crippen LogP contribution in [-0.4, -0.2) is 52.5 Å². The van der Waals surface area contributed by atoms with Gasteiger partial charge in [0.2, 0.25) is 5.91 Å². The van der Waals surface area contributed by atoms with E-state index in [9.17, 15) is 14.7 Å². The summed E-state index contributed by atoms with van der Waals surface area (Å²) in [5.41, 5.74) is 0.295. The molecule has 9 heteroatoms. The van der Waals surface area contributed by atoms with Crippen LogP contribution in [0.15, 0.2) is 24.3 Å². The second-order valence-corrected chi connectivity index (χ2v) is 11.8. The van der Waals surface area contributed by atoms with Gasteiger partial charge < -0.3 is 15.7 Å². The molecular formula is C19H28N2O3S4. The van der Waals surface area contributed by atoms with E-state index in [4.69, 9.17) is 0 Å². The van der Waals surface area contributed by atoms with Crippen molar-refractivity contribution in [2.24, 2.45) is 0 Å². The van der Waals surface area contributed by atoms with Crippen LogP contribution in [0.4, 0.5) is 0 Å². The van der Waals surface area contributed by atoms with Gasteiger partial charge in [-0.15, -0.1) is 0 Å². The Hall–Kier alpha value is -0.640. The third kappa shape index (κ3) is 9.71. The zero-order chi connectivity index (χ0) is 20.0. The molecule has 1 aliphatic heterocycles. The number of carbonyl (C=O) groups is 2. The Morgan fingerprint density at radius 2 is 1.86 bits per heavy atom. The van der Waals surface area contributed by atoms with E-state index in [1.165, 1.54) is 24.7 Å². The van der Waals surface area contributed by atoms with E-state index in [1.54, 1.807) is 39.8 Å². The summed E-state index contributed by atoms with van der Waals surface area (Å²) in [6.07, 6.45) is 5.29. The minimum Gasteiger partial charge on any atom is -0.507 e. The second kappa shape index (κ2) is 14.4. The van der Waals surface area contributed by atoms with Crippen molar-refractivity contribution < 1.29 is 14.7 Å². The average molecular weight is 461 g/mol. The molecule has 1 heterocycles. The number of nitrogens with one attached hydrogen (secondary N) is 2.